The van der Waals surface area contributed by atoms with Gasteiger partial charge in [0.1, 0.15) is 0 Å². The lowest BCUT2D eigenvalue weighted by atomic mass is 9.74. The summed E-state index contributed by atoms with van der Waals surface area (Å²) in [6.07, 6.45) is 0. The second-order valence-corrected chi connectivity index (χ2v) is 11.4. The van der Waals surface area contributed by atoms with Gasteiger partial charge in [-0.05, 0) is 60.8 Å². The summed E-state index contributed by atoms with van der Waals surface area (Å²) in [7, 11) is -1.53. The first kappa shape index (κ1) is 25.0. The van der Waals surface area contributed by atoms with Crippen LogP contribution in [0.15, 0.2) is 91.0 Å². The van der Waals surface area contributed by atoms with Crippen LogP contribution in [0.25, 0.3) is 33.4 Å². The maximum atomic E-state index is 10.0. The Kier molecular flexibility index (Phi) is 6.77. The first-order valence-electron chi connectivity index (χ1n) is 12.3. The maximum absolute atomic E-state index is 10.0. The molecule has 0 heterocycles. The fourth-order valence-electron chi connectivity index (χ4n) is 4.54. The second kappa shape index (κ2) is 9.49. The van der Waals surface area contributed by atoms with Crippen molar-refractivity contribution < 1.29 is 10.0 Å². The van der Waals surface area contributed by atoms with Gasteiger partial charge in [-0.15, -0.1) is 0 Å². The summed E-state index contributed by atoms with van der Waals surface area (Å²) in [6.45, 7) is 13.6. The zero-order valence-electron chi connectivity index (χ0n) is 21.6. The third-order valence-electron chi connectivity index (χ3n) is 6.65. The second-order valence-electron chi connectivity index (χ2n) is 11.4. The molecule has 0 bridgehead atoms. The fraction of sp³-hybridized carbons (Fsp3) is 0.250. The van der Waals surface area contributed by atoms with Gasteiger partial charge in [-0.1, -0.05) is 133 Å². The van der Waals surface area contributed by atoms with Gasteiger partial charge < -0.3 is 10.0 Å². The molecule has 0 fully saturated rings. The first-order valence-corrected chi connectivity index (χ1v) is 12.3. The zero-order valence-corrected chi connectivity index (χ0v) is 21.6. The number of hydrogen-bond donors (Lipinski definition) is 2. The van der Waals surface area contributed by atoms with Crippen molar-refractivity contribution in [2.75, 3.05) is 0 Å². The van der Waals surface area contributed by atoms with E-state index in [1.165, 1.54) is 22.3 Å². The van der Waals surface area contributed by atoms with Crippen LogP contribution in [0.4, 0.5) is 0 Å². The van der Waals surface area contributed by atoms with Crippen LogP contribution < -0.4 is 5.46 Å². The van der Waals surface area contributed by atoms with Crippen LogP contribution in [-0.2, 0) is 10.8 Å². The minimum absolute atomic E-state index is 0.0269. The Balaban J connectivity index is 1.98. The van der Waals surface area contributed by atoms with E-state index in [4.69, 9.17) is 0 Å². The number of hydrogen-bond acceptors (Lipinski definition) is 2. The molecule has 0 saturated heterocycles. The molecule has 0 amide bonds. The van der Waals surface area contributed by atoms with Crippen LogP contribution >= 0.6 is 0 Å². The molecule has 0 aromatic heterocycles. The summed E-state index contributed by atoms with van der Waals surface area (Å²) < 4.78 is 0. The summed E-state index contributed by atoms with van der Waals surface area (Å²) in [5, 5.41) is 20.1. The Morgan fingerprint density at radius 1 is 0.486 bits per heavy atom. The molecule has 0 unspecified atom stereocenters. The molecule has 3 heteroatoms. The van der Waals surface area contributed by atoms with Gasteiger partial charge in [0.25, 0.3) is 0 Å². The molecule has 0 radical (unpaired) electrons. The van der Waals surface area contributed by atoms with Gasteiger partial charge in [0.15, 0.2) is 0 Å². The van der Waals surface area contributed by atoms with E-state index in [2.05, 4.69) is 96.1 Å². The van der Waals surface area contributed by atoms with Crippen LogP contribution in [-0.4, -0.2) is 17.2 Å². The molecule has 0 saturated carbocycles. The monoisotopic (exact) mass is 462 g/mol. The molecule has 4 aromatic carbocycles. The zero-order chi connectivity index (χ0) is 25.4. The Bertz CT molecular complexity index is 1310. The summed E-state index contributed by atoms with van der Waals surface area (Å²) >= 11 is 0. The molecule has 0 aliphatic heterocycles. The van der Waals surface area contributed by atoms with Gasteiger partial charge in [0.2, 0.25) is 0 Å². The van der Waals surface area contributed by atoms with Crippen molar-refractivity contribution in [3.8, 4) is 33.4 Å². The first-order chi connectivity index (χ1) is 16.5. The van der Waals surface area contributed by atoms with E-state index in [0.717, 1.165) is 22.3 Å². The van der Waals surface area contributed by atoms with E-state index in [1.54, 1.807) is 6.07 Å². The van der Waals surface area contributed by atoms with Crippen LogP contribution in [0, 0.1) is 0 Å². The van der Waals surface area contributed by atoms with E-state index in [9.17, 15) is 10.0 Å². The van der Waals surface area contributed by atoms with E-state index in [0.29, 0.717) is 5.46 Å². The van der Waals surface area contributed by atoms with E-state index in [-0.39, 0.29) is 10.8 Å². The SMILES string of the molecule is CC(C)(C)c1cc(-c2ccccc2-c2ccccc2-c2ccccc2B(O)O)cc(C(C)(C)C)c1. The highest BCUT2D eigenvalue weighted by Crippen LogP contribution is 2.40. The lowest BCUT2D eigenvalue weighted by molar-refractivity contribution is 0.426. The summed E-state index contributed by atoms with van der Waals surface area (Å²) in [6, 6.07) is 31.2. The van der Waals surface area contributed by atoms with Gasteiger partial charge in [-0.2, -0.15) is 0 Å². The third-order valence-corrected chi connectivity index (χ3v) is 6.65. The van der Waals surface area contributed by atoms with Gasteiger partial charge in [-0.3, -0.25) is 0 Å². The maximum Gasteiger partial charge on any atom is 0.489 e. The van der Waals surface area contributed by atoms with Crippen LogP contribution in [0.1, 0.15) is 52.7 Å². The molecule has 2 N–H and O–H groups in total. The summed E-state index contributed by atoms with van der Waals surface area (Å²) in [5.41, 5.74) is 9.54. The van der Waals surface area contributed by atoms with Crippen molar-refractivity contribution in [3.05, 3.63) is 102 Å². The quantitative estimate of drug-likeness (QED) is 0.322. The smallest absolute Gasteiger partial charge is 0.423 e. The fourth-order valence-corrected chi connectivity index (χ4v) is 4.54. The summed E-state index contributed by atoms with van der Waals surface area (Å²) in [5.74, 6) is 0. The van der Waals surface area contributed by atoms with Crippen molar-refractivity contribution in [2.45, 2.75) is 52.4 Å². The van der Waals surface area contributed by atoms with Gasteiger partial charge in [0, 0.05) is 0 Å². The lowest BCUT2D eigenvalue weighted by Crippen LogP contribution is -2.31. The number of rotatable bonds is 4. The largest absolute Gasteiger partial charge is 0.489 e. The molecular formula is C32H35BO2. The van der Waals surface area contributed by atoms with Crippen molar-refractivity contribution >= 4 is 12.6 Å². The standard InChI is InChI=1S/C32H35BO2/c1-31(2,3)23-19-22(20-24(21-23)32(4,5)6)25-13-7-8-14-26(25)27-15-9-10-16-28(27)29-17-11-12-18-30(29)33(34)35/h7-21,34-35H,1-6H3. The summed E-state index contributed by atoms with van der Waals surface area (Å²) in [4.78, 5) is 0. The molecular weight excluding hydrogens is 427 g/mol. The topological polar surface area (TPSA) is 40.5 Å². The van der Waals surface area contributed by atoms with Crippen molar-refractivity contribution in [1.29, 1.82) is 0 Å². The average molecular weight is 462 g/mol. The predicted octanol–water partition coefficient (Wildman–Crippen LogP) is 6.96. The third kappa shape index (κ3) is 5.27. The highest BCUT2D eigenvalue weighted by molar-refractivity contribution is 6.60. The average Bonchev–Trinajstić information content (AvgIpc) is 2.82. The van der Waals surface area contributed by atoms with E-state index >= 15 is 0 Å². The minimum Gasteiger partial charge on any atom is -0.423 e. The predicted molar refractivity (Wildman–Crippen MR) is 150 cm³/mol. The Morgan fingerprint density at radius 3 is 1.31 bits per heavy atom. The molecule has 0 aliphatic carbocycles. The minimum atomic E-state index is -1.53. The van der Waals surface area contributed by atoms with E-state index in [1.807, 2.05) is 30.3 Å². The highest BCUT2D eigenvalue weighted by Gasteiger charge is 2.23. The van der Waals surface area contributed by atoms with Gasteiger partial charge >= 0.3 is 7.12 Å². The van der Waals surface area contributed by atoms with Gasteiger partial charge in [0.05, 0.1) is 0 Å². The van der Waals surface area contributed by atoms with Gasteiger partial charge in [-0.25, -0.2) is 0 Å². The van der Waals surface area contributed by atoms with Crippen molar-refractivity contribution in [2.24, 2.45) is 0 Å². The molecule has 0 spiro atoms. The van der Waals surface area contributed by atoms with Crippen LogP contribution in [0.3, 0.4) is 0 Å². The van der Waals surface area contributed by atoms with E-state index < -0.39 is 7.12 Å². The molecule has 35 heavy (non-hydrogen) atoms. The highest BCUT2D eigenvalue weighted by atomic mass is 16.4. The molecule has 4 aromatic rings. The Morgan fingerprint density at radius 2 is 0.857 bits per heavy atom. The molecule has 4 rings (SSSR count). The number of benzene rings is 4. The van der Waals surface area contributed by atoms with Crippen LogP contribution in [0.5, 0.6) is 0 Å². The van der Waals surface area contributed by atoms with Crippen LogP contribution in [0.2, 0.25) is 0 Å². The molecule has 2 nitrogen and oxygen atoms in total. The molecule has 0 atom stereocenters. The normalized spacial score (nSPS) is 12.0. The van der Waals surface area contributed by atoms with Crippen molar-refractivity contribution in [3.63, 3.8) is 0 Å². The lowest BCUT2D eigenvalue weighted by Gasteiger charge is -2.27. The Hall–Kier alpha value is -3.14. The molecule has 0 aliphatic rings. The molecule has 178 valence electrons. The Labute approximate surface area is 210 Å². The van der Waals surface area contributed by atoms with Crippen molar-refractivity contribution in [1.82, 2.24) is 0 Å².